The number of carbonyl (C=O) groups excluding carboxylic acids is 1. The molecule has 0 aliphatic carbocycles. The van der Waals surface area contributed by atoms with Crippen molar-refractivity contribution in [3.05, 3.63) is 58.6 Å². The number of carbonyl (C=O) groups is 1. The summed E-state index contributed by atoms with van der Waals surface area (Å²) in [5.74, 6) is 0.850. The van der Waals surface area contributed by atoms with Crippen LogP contribution in [0.3, 0.4) is 0 Å². The first kappa shape index (κ1) is 19.5. The number of ether oxygens (including phenoxy) is 2. The number of halogens is 1. The molecule has 3 rings (SSSR count). The molecule has 144 valence electrons. The average molecular weight is 390 g/mol. The van der Waals surface area contributed by atoms with Gasteiger partial charge in [0.05, 0.1) is 30.7 Å². The van der Waals surface area contributed by atoms with Crippen molar-refractivity contribution in [2.45, 2.75) is 19.5 Å². The van der Waals surface area contributed by atoms with E-state index in [0.717, 1.165) is 11.1 Å². The van der Waals surface area contributed by atoms with Crippen LogP contribution in [0.5, 0.6) is 11.5 Å². The van der Waals surface area contributed by atoms with Crippen molar-refractivity contribution in [2.24, 2.45) is 5.92 Å². The average Bonchev–Trinajstić information content (AvgIpc) is 3.18. The normalized spacial score (nSPS) is 18.9. The number of benzene rings is 2. The van der Waals surface area contributed by atoms with Gasteiger partial charge in [-0.05, 0) is 30.2 Å². The maximum Gasteiger partial charge on any atom is 0.226 e. The molecule has 27 heavy (non-hydrogen) atoms. The number of amides is 1. The molecule has 1 aliphatic rings. The lowest BCUT2D eigenvalue weighted by Crippen LogP contribution is -2.34. The first-order valence-corrected chi connectivity index (χ1v) is 9.32. The maximum absolute atomic E-state index is 12.7. The van der Waals surface area contributed by atoms with Crippen molar-refractivity contribution in [2.75, 3.05) is 20.3 Å². The summed E-state index contributed by atoms with van der Waals surface area (Å²) in [4.78, 5) is 12.7. The van der Waals surface area contributed by atoms with Crippen LogP contribution in [0, 0.1) is 5.92 Å². The van der Waals surface area contributed by atoms with E-state index in [1.165, 1.54) is 0 Å². The highest BCUT2D eigenvalue weighted by atomic mass is 35.5. The van der Waals surface area contributed by atoms with Crippen LogP contribution in [0.2, 0.25) is 5.02 Å². The van der Waals surface area contributed by atoms with E-state index >= 15 is 0 Å². The van der Waals surface area contributed by atoms with E-state index in [1.54, 1.807) is 13.2 Å². The van der Waals surface area contributed by atoms with Crippen LogP contribution < -0.4 is 25.6 Å². The van der Waals surface area contributed by atoms with Crippen molar-refractivity contribution >= 4 is 17.5 Å². The number of methoxy groups -OCH3 is 1. The molecule has 1 amide bonds. The summed E-state index contributed by atoms with van der Waals surface area (Å²) < 4.78 is 10.9. The number of nitrogens with one attached hydrogen (secondary N) is 3. The molecule has 1 aliphatic heterocycles. The molecular weight excluding hydrogens is 366 g/mol. The zero-order chi connectivity index (χ0) is 19.2. The summed E-state index contributed by atoms with van der Waals surface area (Å²) in [7, 11) is 1.57. The summed E-state index contributed by atoms with van der Waals surface area (Å²) in [6.45, 7) is 3.31. The molecular formula is C20H24ClN3O3. The Kier molecular flexibility index (Phi) is 6.55. The van der Waals surface area contributed by atoms with E-state index < -0.39 is 0 Å². The van der Waals surface area contributed by atoms with E-state index in [1.807, 2.05) is 43.3 Å². The van der Waals surface area contributed by atoms with Crippen LogP contribution in [-0.4, -0.2) is 26.2 Å². The largest absolute Gasteiger partial charge is 0.493 e. The molecule has 0 bridgehead atoms. The van der Waals surface area contributed by atoms with E-state index in [2.05, 4.69) is 16.2 Å². The number of rotatable bonds is 7. The van der Waals surface area contributed by atoms with Gasteiger partial charge in [-0.2, -0.15) is 0 Å². The van der Waals surface area contributed by atoms with Crippen molar-refractivity contribution in [3.8, 4) is 11.5 Å². The molecule has 2 unspecified atom stereocenters. The van der Waals surface area contributed by atoms with Gasteiger partial charge in [0.25, 0.3) is 0 Å². The fourth-order valence-corrected chi connectivity index (χ4v) is 3.49. The van der Waals surface area contributed by atoms with Gasteiger partial charge in [0.2, 0.25) is 5.91 Å². The molecule has 7 heteroatoms. The lowest BCUT2D eigenvalue weighted by atomic mass is 9.94. The maximum atomic E-state index is 12.7. The molecule has 2 aromatic carbocycles. The number of hydrazine groups is 1. The molecule has 3 N–H and O–H groups in total. The lowest BCUT2D eigenvalue weighted by molar-refractivity contribution is -0.125. The minimum atomic E-state index is -0.201. The van der Waals surface area contributed by atoms with Crippen LogP contribution >= 0.6 is 11.6 Å². The highest BCUT2D eigenvalue weighted by Crippen LogP contribution is 2.36. The molecule has 2 atom stereocenters. The summed E-state index contributed by atoms with van der Waals surface area (Å²) in [5.41, 5.74) is 8.19. The van der Waals surface area contributed by atoms with Crippen molar-refractivity contribution in [1.82, 2.24) is 16.2 Å². The first-order chi connectivity index (χ1) is 13.1. The Hall–Kier alpha value is -2.28. The van der Waals surface area contributed by atoms with Crippen molar-refractivity contribution in [3.63, 3.8) is 0 Å². The molecule has 0 spiro atoms. The molecule has 6 nitrogen and oxygen atoms in total. The zero-order valence-corrected chi connectivity index (χ0v) is 16.2. The first-order valence-electron chi connectivity index (χ1n) is 8.94. The molecule has 1 saturated heterocycles. The molecule has 2 aromatic rings. The van der Waals surface area contributed by atoms with Gasteiger partial charge in [-0.25, -0.2) is 5.43 Å². The van der Waals surface area contributed by atoms with E-state index in [9.17, 15) is 4.79 Å². The Morgan fingerprint density at radius 2 is 2.07 bits per heavy atom. The third-order valence-electron chi connectivity index (χ3n) is 4.52. The summed E-state index contributed by atoms with van der Waals surface area (Å²) in [6, 6.07) is 13.5. The predicted molar refractivity (Wildman–Crippen MR) is 105 cm³/mol. The lowest BCUT2D eigenvalue weighted by Gasteiger charge is -2.19. The second-order valence-corrected chi connectivity index (χ2v) is 6.69. The van der Waals surface area contributed by atoms with Crippen LogP contribution in [0.15, 0.2) is 42.5 Å². The number of hydrogen-bond acceptors (Lipinski definition) is 5. The van der Waals surface area contributed by atoms with Gasteiger partial charge in [-0.1, -0.05) is 41.9 Å². The fourth-order valence-electron chi connectivity index (χ4n) is 3.20. The second-order valence-electron chi connectivity index (χ2n) is 6.28. The quantitative estimate of drug-likeness (QED) is 0.679. The third kappa shape index (κ3) is 4.53. The topological polar surface area (TPSA) is 71.6 Å². The minimum Gasteiger partial charge on any atom is -0.493 e. The highest BCUT2D eigenvalue weighted by Gasteiger charge is 2.33. The second kappa shape index (κ2) is 9.08. The van der Waals surface area contributed by atoms with Gasteiger partial charge in [0.15, 0.2) is 11.5 Å². The monoisotopic (exact) mass is 389 g/mol. The van der Waals surface area contributed by atoms with Gasteiger partial charge in [0.1, 0.15) is 0 Å². The molecule has 1 fully saturated rings. The molecule has 0 radical (unpaired) electrons. The Bertz CT molecular complexity index is 786. The summed E-state index contributed by atoms with van der Waals surface area (Å²) in [5, 5.41) is 3.46. The predicted octanol–water partition coefficient (Wildman–Crippen LogP) is 2.83. The Labute approximate surface area is 164 Å². The van der Waals surface area contributed by atoms with Gasteiger partial charge in [0, 0.05) is 13.1 Å². The van der Waals surface area contributed by atoms with E-state index in [-0.39, 0.29) is 17.9 Å². The SMILES string of the molecule is CCOc1c(Cl)cc(CNC(=O)C2CNNC2c2ccccc2)cc1OC. The minimum absolute atomic E-state index is 0.0228. The fraction of sp³-hybridized carbons (Fsp3) is 0.350. The van der Waals surface area contributed by atoms with Crippen LogP contribution in [-0.2, 0) is 11.3 Å². The van der Waals surface area contributed by atoms with Crippen molar-refractivity contribution < 1.29 is 14.3 Å². The van der Waals surface area contributed by atoms with Crippen LogP contribution in [0.25, 0.3) is 0 Å². The number of hydrogen-bond donors (Lipinski definition) is 3. The highest BCUT2D eigenvalue weighted by molar-refractivity contribution is 6.32. The standard InChI is InChI=1S/C20H24ClN3O3/c1-3-27-19-16(21)9-13(10-17(19)26-2)11-22-20(25)15-12-23-24-18(15)14-7-5-4-6-8-14/h4-10,15,18,23-24H,3,11-12H2,1-2H3,(H,22,25). The van der Waals surface area contributed by atoms with Gasteiger partial charge in [-0.3, -0.25) is 10.2 Å². The van der Waals surface area contributed by atoms with Crippen molar-refractivity contribution in [1.29, 1.82) is 0 Å². The molecule has 0 saturated carbocycles. The Morgan fingerprint density at radius 1 is 1.30 bits per heavy atom. The molecule has 0 aromatic heterocycles. The summed E-state index contributed by atoms with van der Waals surface area (Å²) >= 11 is 6.30. The van der Waals surface area contributed by atoms with Crippen LogP contribution in [0.1, 0.15) is 24.1 Å². The Balaban J connectivity index is 1.67. The van der Waals surface area contributed by atoms with E-state index in [4.69, 9.17) is 21.1 Å². The Morgan fingerprint density at radius 3 is 2.78 bits per heavy atom. The van der Waals surface area contributed by atoms with Gasteiger partial charge >= 0.3 is 0 Å². The molecule has 1 heterocycles. The van der Waals surface area contributed by atoms with Gasteiger partial charge < -0.3 is 14.8 Å². The zero-order valence-electron chi connectivity index (χ0n) is 15.4. The van der Waals surface area contributed by atoms with E-state index in [0.29, 0.717) is 36.2 Å². The summed E-state index contributed by atoms with van der Waals surface area (Å²) in [6.07, 6.45) is 0. The van der Waals surface area contributed by atoms with Gasteiger partial charge in [-0.15, -0.1) is 0 Å². The van der Waals surface area contributed by atoms with Crippen LogP contribution in [0.4, 0.5) is 0 Å². The third-order valence-corrected chi connectivity index (χ3v) is 4.80. The smallest absolute Gasteiger partial charge is 0.226 e.